The van der Waals surface area contributed by atoms with Crippen molar-refractivity contribution < 1.29 is 9.53 Å². The lowest BCUT2D eigenvalue weighted by atomic mass is 9.95. The van der Waals surface area contributed by atoms with Gasteiger partial charge in [0.15, 0.2) is 5.78 Å². The van der Waals surface area contributed by atoms with E-state index in [1.807, 2.05) is 36.4 Å². The topological polar surface area (TPSA) is 38.7 Å². The van der Waals surface area contributed by atoms with Gasteiger partial charge in [-0.25, -0.2) is 4.99 Å². The van der Waals surface area contributed by atoms with Gasteiger partial charge < -0.3 is 4.74 Å². The standard InChI is InChI=1S/C17H10ClNO2/c1-21-9-6-7-10-12(8-9)16-14(15(10)18)17(20)11-4-2-3-5-13(11)19-16/h2-8H,1H3. The number of para-hydroxylation sites is 1. The van der Waals surface area contributed by atoms with Crippen molar-refractivity contribution >= 4 is 33.8 Å². The lowest BCUT2D eigenvalue weighted by Crippen LogP contribution is -2.16. The molecule has 0 spiro atoms. The molecule has 0 saturated carbocycles. The minimum atomic E-state index is -0.0734. The monoisotopic (exact) mass is 295 g/mol. The summed E-state index contributed by atoms with van der Waals surface area (Å²) in [4.78, 5) is 17.3. The fraction of sp³-hybridized carbons (Fsp3) is 0.0588. The van der Waals surface area contributed by atoms with Gasteiger partial charge in [0.05, 0.1) is 29.1 Å². The van der Waals surface area contributed by atoms with Crippen LogP contribution in [0.15, 0.2) is 53.0 Å². The smallest absolute Gasteiger partial charge is 0.198 e. The highest BCUT2D eigenvalue weighted by Crippen LogP contribution is 2.43. The van der Waals surface area contributed by atoms with Gasteiger partial charge in [-0.3, -0.25) is 4.79 Å². The average molecular weight is 296 g/mol. The molecule has 21 heavy (non-hydrogen) atoms. The maximum absolute atomic E-state index is 12.7. The second-order valence-corrected chi connectivity index (χ2v) is 5.29. The van der Waals surface area contributed by atoms with Gasteiger partial charge >= 0.3 is 0 Å². The molecule has 4 heteroatoms. The first-order valence-corrected chi connectivity index (χ1v) is 6.90. The van der Waals surface area contributed by atoms with Crippen LogP contribution < -0.4 is 4.74 Å². The van der Waals surface area contributed by atoms with E-state index in [2.05, 4.69) is 4.99 Å². The first-order valence-electron chi connectivity index (χ1n) is 6.52. The number of halogens is 1. The summed E-state index contributed by atoms with van der Waals surface area (Å²) in [7, 11) is 1.61. The molecule has 0 aromatic heterocycles. The van der Waals surface area contributed by atoms with Crippen LogP contribution in [0, 0.1) is 0 Å². The predicted octanol–water partition coefficient (Wildman–Crippen LogP) is 3.98. The summed E-state index contributed by atoms with van der Waals surface area (Å²) in [5.41, 5.74) is 4.07. The molecule has 0 N–H and O–H groups in total. The number of allylic oxidation sites excluding steroid dienone is 1. The molecule has 0 radical (unpaired) electrons. The first kappa shape index (κ1) is 12.4. The molecule has 0 bridgehead atoms. The fourth-order valence-electron chi connectivity index (χ4n) is 2.75. The second-order valence-electron chi connectivity index (χ2n) is 4.91. The summed E-state index contributed by atoms with van der Waals surface area (Å²) in [6, 6.07) is 12.9. The Kier molecular flexibility index (Phi) is 2.53. The number of Topliss-reactive ketones (excluding diaryl/α,β-unsaturated/α-hetero) is 1. The van der Waals surface area contributed by atoms with Crippen molar-refractivity contribution in [2.24, 2.45) is 4.99 Å². The number of hydrogen-bond donors (Lipinski definition) is 0. The zero-order chi connectivity index (χ0) is 14.6. The van der Waals surface area contributed by atoms with Crippen molar-refractivity contribution in [2.75, 3.05) is 7.11 Å². The van der Waals surface area contributed by atoms with E-state index in [9.17, 15) is 4.79 Å². The molecular formula is C17H10ClNO2. The van der Waals surface area contributed by atoms with Crippen molar-refractivity contribution in [1.29, 1.82) is 0 Å². The van der Waals surface area contributed by atoms with Crippen molar-refractivity contribution in [3.8, 4) is 5.75 Å². The predicted molar refractivity (Wildman–Crippen MR) is 82.7 cm³/mol. The van der Waals surface area contributed by atoms with Crippen LogP contribution in [0.25, 0.3) is 5.03 Å². The number of ketones is 1. The van der Waals surface area contributed by atoms with Crippen molar-refractivity contribution in [2.45, 2.75) is 0 Å². The van der Waals surface area contributed by atoms with E-state index < -0.39 is 0 Å². The number of hydrogen-bond acceptors (Lipinski definition) is 3. The van der Waals surface area contributed by atoms with Crippen molar-refractivity contribution in [3.05, 3.63) is 64.7 Å². The number of nitrogens with zero attached hydrogens (tertiary/aromatic N) is 1. The summed E-state index contributed by atoms with van der Waals surface area (Å²) in [6.45, 7) is 0. The Morgan fingerprint density at radius 3 is 2.67 bits per heavy atom. The number of carbonyl (C=O) groups is 1. The Labute approximate surface area is 126 Å². The molecule has 0 saturated heterocycles. The molecular weight excluding hydrogens is 286 g/mol. The van der Waals surface area contributed by atoms with Gasteiger partial charge in [0, 0.05) is 16.7 Å². The Bertz CT molecular complexity index is 865. The summed E-state index contributed by atoms with van der Waals surface area (Å²) < 4.78 is 5.25. The number of carbonyl (C=O) groups excluding carboxylic acids is 1. The molecule has 0 fully saturated rings. The van der Waals surface area contributed by atoms with Crippen LogP contribution in [-0.4, -0.2) is 18.6 Å². The maximum Gasteiger partial charge on any atom is 0.198 e. The number of benzene rings is 2. The highest BCUT2D eigenvalue weighted by Gasteiger charge is 2.35. The SMILES string of the molecule is COc1ccc2c(c1)C1=Nc3ccccc3C(=O)C1=C2Cl. The zero-order valence-electron chi connectivity index (χ0n) is 11.2. The molecule has 0 unspecified atom stereocenters. The molecule has 102 valence electrons. The van der Waals surface area contributed by atoms with Gasteiger partial charge in [-0.2, -0.15) is 0 Å². The summed E-state index contributed by atoms with van der Waals surface area (Å²) in [5, 5.41) is 0.464. The number of rotatable bonds is 1. The summed E-state index contributed by atoms with van der Waals surface area (Å²) >= 11 is 6.41. The van der Waals surface area contributed by atoms with E-state index >= 15 is 0 Å². The van der Waals surface area contributed by atoms with Crippen LogP contribution in [0.3, 0.4) is 0 Å². The third-order valence-corrected chi connectivity index (χ3v) is 4.18. The molecule has 1 aliphatic carbocycles. The molecule has 4 rings (SSSR count). The second kappa shape index (κ2) is 4.30. The Morgan fingerprint density at radius 1 is 1.05 bits per heavy atom. The van der Waals surface area contributed by atoms with Crippen LogP contribution in [-0.2, 0) is 0 Å². The number of methoxy groups -OCH3 is 1. The zero-order valence-corrected chi connectivity index (χ0v) is 11.9. The molecule has 2 aromatic carbocycles. The Hall–Kier alpha value is -2.39. The molecule has 3 nitrogen and oxygen atoms in total. The third-order valence-electron chi connectivity index (χ3n) is 3.78. The average Bonchev–Trinajstić information content (AvgIpc) is 2.80. The van der Waals surface area contributed by atoms with E-state index in [4.69, 9.17) is 16.3 Å². The van der Waals surface area contributed by atoms with E-state index in [-0.39, 0.29) is 5.78 Å². The normalized spacial score (nSPS) is 15.3. The number of ether oxygens (including phenoxy) is 1. The Morgan fingerprint density at radius 2 is 1.86 bits per heavy atom. The van der Waals surface area contributed by atoms with Crippen molar-refractivity contribution in [3.63, 3.8) is 0 Å². The van der Waals surface area contributed by atoms with Gasteiger partial charge in [0.25, 0.3) is 0 Å². The molecule has 1 heterocycles. The molecule has 2 aromatic rings. The lowest BCUT2D eigenvalue weighted by Gasteiger charge is -2.14. The molecule has 2 aliphatic rings. The van der Waals surface area contributed by atoms with E-state index in [0.29, 0.717) is 33.3 Å². The van der Waals surface area contributed by atoms with Crippen molar-refractivity contribution in [1.82, 2.24) is 0 Å². The number of aliphatic imine (C=N–C) groups is 1. The van der Waals surface area contributed by atoms with E-state index in [1.165, 1.54) is 0 Å². The fourth-order valence-corrected chi connectivity index (χ4v) is 3.09. The highest BCUT2D eigenvalue weighted by molar-refractivity contribution is 6.60. The van der Waals surface area contributed by atoms with Gasteiger partial charge in [0.2, 0.25) is 0 Å². The van der Waals surface area contributed by atoms with Crippen LogP contribution in [0.5, 0.6) is 5.75 Å². The highest BCUT2D eigenvalue weighted by atomic mass is 35.5. The van der Waals surface area contributed by atoms with Crippen LogP contribution >= 0.6 is 11.6 Å². The maximum atomic E-state index is 12.7. The molecule has 0 atom stereocenters. The minimum Gasteiger partial charge on any atom is -0.497 e. The van der Waals surface area contributed by atoms with E-state index in [0.717, 1.165) is 11.1 Å². The summed E-state index contributed by atoms with van der Waals surface area (Å²) in [5.74, 6) is 0.643. The van der Waals surface area contributed by atoms with Gasteiger partial charge in [-0.1, -0.05) is 23.7 Å². The summed E-state index contributed by atoms with van der Waals surface area (Å²) in [6.07, 6.45) is 0. The number of fused-ring (bicyclic) bond motifs is 4. The largest absolute Gasteiger partial charge is 0.497 e. The van der Waals surface area contributed by atoms with Gasteiger partial charge in [0.1, 0.15) is 5.75 Å². The van der Waals surface area contributed by atoms with Crippen LogP contribution in [0.4, 0.5) is 5.69 Å². The Balaban J connectivity index is 2.03. The van der Waals surface area contributed by atoms with Crippen LogP contribution in [0.1, 0.15) is 21.5 Å². The third kappa shape index (κ3) is 1.61. The lowest BCUT2D eigenvalue weighted by molar-refractivity contribution is 0.104. The molecule has 1 aliphatic heterocycles. The quantitative estimate of drug-likeness (QED) is 0.798. The minimum absolute atomic E-state index is 0.0734. The van der Waals surface area contributed by atoms with Gasteiger partial charge in [-0.05, 0) is 30.3 Å². The van der Waals surface area contributed by atoms with E-state index in [1.54, 1.807) is 13.2 Å². The molecule has 0 amide bonds. The first-order chi connectivity index (χ1) is 10.2. The van der Waals surface area contributed by atoms with Crippen LogP contribution in [0.2, 0.25) is 0 Å². The van der Waals surface area contributed by atoms with Gasteiger partial charge in [-0.15, -0.1) is 0 Å².